The second-order valence-electron chi connectivity index (χ2n) is 7.50. The highest BCUT2D eigenvalue weighted by Gasteiger charge is 2.42. The molecule has 4 heteroatoms. The molecule has 3 nitrogen and oxygen atoms in total. The highest BCUT2D eigenvalue weighted by molar-refractivity contribution is 7.93. The van der Waals surface area contributed by atoms with Gasteiger partial charge in [0.25, 0.3) is 0 Å². The first kappa shape index (κ1) is 16.5. The predicted octanol–water partition coefficient (Wildman–Crippen LogP) is 3.74. The lowest BCUT2D eigenvalue weighted by molar-refractivity contribution is -0.871. The molecule has 0 radical (unpaired) electrons. The third-order valence-electron chi connectivity index (χ3n) is 4.56. The van der Waals surface area contributed by atoms with Crippen LogP contribution in [0, 0.1) is 0 Å². The summed E-state index contributed by atoms with van der Waals surface area (Å²) >= 11 is 0.829. The van der Waals surface area contributed by atoms with Gasteiger partial charge in [-0.05, 0) is 26.0 Å². The maximum Gasteiger partial charge on any atom is 0.209 e. The van der Waals surface area contributed by atoms with Gasteiger partial charge in [0.1, 0.15) is 0 Å². The molecule has 1 N–H and O–H groups in total. The van der Waals surface area contributed by atoms with Crippen LogP contribution in [0.15, 0.2) is 23.1 Å². The highest BCUT2D eigenvalue weighted by atomic mass is 32.2. The van der Waals surface area contributed by atoms with Gasteiger partial charge < -0.3 is 9.04 Å². The van der Waals surface area contributed by atoms with Crippen molar-refractivity contribution in [3.05, 3.63) is 23.8 Å². The highest BCUT2D eigenvalue weighted by Crippen LogP contribution is 2.41. The van der Waals surface area contributed by atoms with Crippen LogP contribution in [0.3, 0.4) is 0 Å². The smallest absolute Gasteiger partial charge is 0.209 e. The summed E-state index contributed by atoms with van der Waals surface area (Å²) in [7, 11) is 6.72. The number of hydrogen-bond donors (Lipinski definition) is 1. The number of hydrogen-bond acceptors (Lipinski definition) is 2. The lowest BCUT2D eigenvalue weighted by Crippen LogP contribution is -2.36. The lowest BCUT2D eigenvalue weighted by atomic mass is 9.82. The zero-order valence-electron chi connectivity index (χ0n) is 14.1. The molecule has 2 rings (SSSR count). The van der Waals surface area contributed by atoms with E-state index in [-0.39, 0.29) is 5.41 Å². The maximum atomic E-state index is 9.30. The van der Waals surface area contributed by atoms with E-state index in [9.17, 15) is 4.55 Å². The van der Waals surface area contributed by atoms with Gasteiger partial charge in [-0.15, -0.1) is 0 Å². The quantitative estimate of drug-likeness (QED) is 0.509. The van der Waals surface area contributed by atoms with Crippen LogP contribution in [-0.4, -0.2) is 53.6 Å². The number of benzene rings is 1. The summed E-state index contributed by atoms with van der Waals surface area (Å²) in [6.45, 7) is 9.00. The van der Waals surface area contributed by atoms with Gasteiger partial charge in [0, 0.05) is 35.5 Å². The molecule has 116 valence electrons. The van der Waals surface area contributed by atoms with E-state index in [0.717, 1.165) is 28.0 Å². The van der Waals surface area contributed by atoms with Crippen molar-refractivity contribution in [3.63, 3.8) is 0 Å². The zero-order valence-corrected chi connectivity index (χ0v) is 14.9. The first-order valence-electron chi connectivity index (χ1n) is 7.55. The number of quaternary nitrogens is 1. The fourth-order valence-electron chi connectivity index (χ4n) is 3.01. The Bertz CT molecular complexity index is 571. The molecule has 1 aromatic rings. The summed E-state index contributed by atoms with van der Waals surface area (Å²) in [5, 5.41) is 0. The van der Waals surface area contributed by atoms with Crippen LogP contribution < -0.4 is 0 Å². The molecule has 1 aromatic carbocycles. The van der Waals surface area contributed by atoms with Crippen LogP contribution in [0.25, 0.3) is 0 Å². The van der Waals surface area contributed by atoms with Crippen molar-refractivity contribution in [3.8, 4) is 0 Å². The second-order valence-corrected chi connectivity index (χ2v) is 8.15. The van der Waals surface area contributed by atoms with Gasteiger partial charge in [-0.3, -0.25) is 0 Å². The van der Waals surface area contributed by atoms with Gasteiger partial charge in [0.2, 0.25) is 5.69 Å². The van der Waals surface area contributed by atoms with Crippen LogP contribution >= 0.6 is 12.0 Å². The zero-order chi connectivity index (χ0) is 15.8. The molecular weight excluding hydrogens is 280 g/mol. The molecule has 0 atom stereocenters. The van der Waals surface area contributed by atoms with Crippen molar-refractivity contribution in [1.82, 2.24) is 0 Å². The Kier molecular flexibility index (Phi) is 4.52. The minimum absolute atomic E-state index is 0.0393. The van der Waals surface area contributed by atoms with Gasteiger partial charge in [0.05, 0.1) is 39.5 Å². The van der Waals surface area contributed by atoms with E-state index < -0.39 is 0 Å². The van der Waals surface area contributed by atoms with Crippen LogP contribution in [0.2, 0.25) is 0 Å². The van der Waals surface area contributed by atoms with Gasteiger partial charge in [-0.1, -0.05) is 0 Å². The van der Waals surface area contributed by atoms with E-state index in [0.29, 0.717) is 0 Å². The molecule has 0 unspecified atom stereocenters. The van der Waals surface area contributed by atoms with Gasteiger partial charge >= 0.3 is 0 Å². The van der Waals surface area contributed by atoms with E-state index in [1.807, 2.05) is 6.07 Å². The minimum atomic E-state index is 0.0393. The monoisotopic (exact) mass is 308 g/mol. The molecule has 1 heterocycles. The maximum absolute atomic E-state index is 9.30. The molecule has 0 spiro atoms. The van der Waals surface area contributed by atoms with E-state index in [1.165, 1.54) is 29.9 Å². The first-order chi connectivity index (χ1) is 9.66. The molecule has 0 aliphatic carbocycles. The van der Waals surface area contributed by atoms with Crippen molar-refractivity contribution < 1.29 is 13.6 Å². The summed E-state index contributed by atoms with van der Waals surface area (Å²) in [4.78, 5) is 0.919. The van der Waals surface area contributed by atoms with Gasteiger partial charge in [-0.25, -0.2) is 0 Å². The average molecular weight is 308 g/mol. The molecular formula is C17H28N2OS+2. The Labute approximate surface area is 133 Å². The molecule has 21 heavy (non-hydrogen) atoms. The molecule has 0 fully saturated rings. The molecule has 1 aliphatic rings. The van der Waals surface area contributed by atoms with Crippen molar-refractivity contribution >= 4 is 23.4 Å². The van der Waals surface area contributed by atoms with Gasteiger partial charge in [-0.2, -0.15) is 4.58 Å². The van der Waals surface area contributed by atoms with Crippen LogP contribution in [-0.2, 0) is 5.41 Å². The van der Waals surface area contributed by atoms with E-state index in [2.05, 4.69) is 58.6 Å². The fraction of sp³-hybridized carbons (Fsp3) is 0.588. The molecule has 0 saturated heterocycles. The van der Waals surface area contributed by atoms with Crippen molar-refractivity contribution in [1.29, 1.82) is 0 Å². The largest absolute Gasteiger partial charge is 0.331 e. The van der Waals surface area contributed by atoms with Crippen molar-refractivity contribution in [2.45, 2.75) is 37.5 Å². The topological polar surface area (TPSA) is 23.2 Å². The average Bonchev–Trinajstić information content (AvgIpc) is 2.58. The Morgan fingerprint density at radius 1 is 1.24 bits per heavy atom. The molecule has 0 saturated carbocycles. The predicted molar refractivity (Wildman–Crippen MR) is 90.9 cm³/mol. The SMILES string of the molecule is CC1=[N+](CCC[N+](C)(C)C)c2ccc(SO)cc2C1(C)C. The fourth-order valence-corrected chi connectivity index (χ4v) is 3.31. The Balaban J connectivity index is 2.28. The van der Waals surface area contributed by atoms with E-state index >= 15 is 0 Å². The molecule has 1 aliphatic heterocycles. The normalized spacial score (nSPS) is 17.3. The number of fused-ring (bicyclic) bond motifs is 1. The van der Waals surface area contributed by atoms with Crippen LogP contribution in [0.5, 0.6) is 0 Å². The number of rotatable bonds is 5. The molecule has 0 bridgehead atoms. The van der Waals surface area contributed by atoms with Crippen molar-refractivity contribution in [2.75, 3.05) is 34.2 Å². The lowest BCUT2D eigenvalue weighted by Gasteiger charge is -2.23. The molecule has 0 amide bonds. The van der Waals surface area contributed by atoms with Gasteiger partial charge in [0.15, 0.2) is 12.3 Å². The van der Waals surface area contributed by atoms with Crippen LogP contribution in [0.1, 0.15) is 32.8 Å². The summed E-state index contributed by atoms with van der Waals surface area (Å²) in [5.74, 6) is 0. The Morgan fingerprint density at radius 3 is 2.48 bits per heavy atom. The summed E-state index contributed by atoms with van der Waals surface area (Å²) < 4.78 is 12.8. The van der Waals surface area contributed by atoms with Crippen LogP contribution in [0.4, 0.5) is 5.69 Å². The van der Waals surface area contributed by atoms with E-state index in [4.69, 9.17) is 0 Å². The summed E-state index contributed by atoms with van der Waals surface area (Å²) in [5.41, 5.74) is 4.07. The number of nitrogens with zero attached hydrogens (tertiary/aromatic N) is 2. The Morgan fingerprint density at radius 2 is 1.90 bits per heavy atom. The van der Waals surface area contributed by atoms with Crippen molar-refractivity contribution in [2.24, 2.45) is 0 Å². The summed E-state index contributed by atoms with van der Waals surface area (Å²) in [6, 6.07) is 6.28. The molecule has 0 aromatic heterocycles. The second kappa shape index (κ2) is 5.75. The van der Waals surface area contributed by atoms with E-state index in [1.54, 1.807) is 0 Å². The standard InChI is InChI=1S/C17H27N2OS/c1-13-17(2,3)15-12-14(21-20)8-9-16(15)18(13)10-7-11-19(4,5)6/h8-9,12H,7,10-11H2,1-6H3/q+1/p+1. The Hall–Kier alpha value is -0.840. The third-order valence-corrected chi connectivity index (χ3v) is 5.02. The minimum Gasteiger partial charge on any atom is -0.331 e. The summed E-state index contributed by atoms with van der Waals surface area (Å²) in [6.07, 6.45) is 1.17. The first-order valence-corrected chi connectivity index (χ1v) is 8.32. The third kappa shape index (κ3) is 3.33.